The highest BCUT2D eigenvalue weighted by Gasteiger charge is 2.16. The number of carbonyl (C=O) groups is 1. The Balaban J connectivity index is 1.31. The number of nitrogens with one attached hydrogen (secondary N) is 1. The number of anilines is 1. The number of hydrogen-bond donors (Lipinski definition) is 1. The molecule has 1 N–H and O–H groups in total. The largest absolute Gasteiger partial charge is 0.497 e. The summed E-state index contributed by atoms with van der Waals surface area (Å²) in [6.45, 7) is 2.27. The van der Waals surface area contributed by atoms with Gasteiger partial charge < -0.3 is 14.2 Å². The average Bonchev–Trinajstić information content (AvgIpc) is 3.18. The van der Waals surface area contributed by atoms with Gasteiger partial charge in [-0.1, -0.05) is 30.3 Å². The minimum atomic E-state index is -0.702. The summed E-state index contributed by atoms with van der Waals surface area (Å²) in [4.78, 5) is 29.9. The Labute approximate surface area is 218 Å². The summed E-state index contributed by atoms with van der Waals surface area (Å²) in [5, 5.41) is 2.65. The molecule has 1 amide bonds. The molecule has 0 bridgehead atoms. The lowest BCUT2D eigenvalue weighted by molar-refractivity contribution is 0.214. The maximum Gasteiger partial charge on any atom is 0.418 e. The zero-order valence-corrected chi connectivity index (χ0v) is 21.2. The molecule has 0 aliphatic carbocycles. The molecule has 0 fully saturated rings. The van der Waals surface area contributed by atoms with Crippen LogP contribution in [-0.4, -0.2) is 27.3 Å². The molecule has 0 saturated carbocycles. The molecule has 192 valence electrons. The highest BCUT2D eigenvalue weighted by molar-refractivity contribution is 5.88. The first-order valence-corrected chi connectivity index (χ1v) is 11.9. The number of carbonyl (C=O) groups excluding carboxylic acids is 1. The first-order valence-electron chi connectivity index (χ1n) is 11.9. The molecule has 9 nitrogen and oxygen atoms in total. The zero-order valence-electron chi connectivity index (χ0n) is 21.2. The van der Waals surface area contributed by atoms with Gasteiger partial charge in [0.05, 0.1) is 30.0 Å². The van der Waals surface area contributed by atoms with Gasteiger partial charge in [-0.3, -0.25) is 14.5 Å². The summed E-state index contributed by atoms with van der Waals surface area (Å²) in [5.74, 6) is 1.99. The summed E-state index contributed by atoms with van der Waals surface area (Å²) in [6, 6.07) is 23.9. The maximum atomic E-state index is 13.0. The number of hydrogen-bond acceptors (Lipinski definition) is 6. The lowest BCUT2D eigenvalue weighted by Gasteiger charge is -2.11. The van der Waals surface area contributed by atoms with Crippen molar-refractivity contribution in [2.24, 2.45) is 7.05 Å². The van der Waals surface area contributed by atoms with E-state index in [0.717, 1.165) is 11.1 Å². The van der Waals surface area contributed by atoms with E-state index < -0.39 is 6.09 Å². The van der Waals surface area contributed by atoms with Crippen molar-refractivity contribution in [2.45, 2.75) is 13.5 Å². The van der Waals surface area contributed by atoms with E-state index in [1.807, 2.05) is 43.3 Å². The molecule has 5 rings (SSSR count). The standard InChI is InChI=1S/C29H26N4O5/c1-19-15-23(37-18-20-7-5-4-6-8-20)13-14-26(19)38-28(34)31-27-16-24-25(17-30-27)32(2)29(35)33(24)21-9-11-22(36-3)12-10-21/h4-17H,18H2,1-3H3,(H,30,31,34). The van der Waals surface area contributed by atoms with E-state index in [1.54, 1.807) is 61.2 Å². The van der Waals surface area contributed by atoms with Gasteiger partial charge in [-0.15, -0.1) is 0 Å². The Morgan fingerprint density at radius 1 is 0.947 bits per heavy atom. The Morgan fingerprint density at radius 3 is 2.39 bits per heavy atom. The number of aromatic nitrogens is 3. The van der Waals surface area contributed by atoms with E-state index in [2.05, 4.69) is 10.3 Å². The first-order chi connectivity index (χ1) is 18.4. The van der Waals surface area contributed by atoms with Gasteiger partial charge in [0.2, 0.25) is 0 Å². The van der Waals surface area contributed by atoms with Crippen LogP contribution in [-0.2, 0) is 13.7 Å². The maximum absolute atomic E-state index is 13.0. The van der Waals surface area contributed by atoms with Gasteiger partial charge >= 0.3 is 11.8 Å². The molecule has 2 aromatic heterocycles. The van der Waals surface area contributed by atoms with Gasteiger partial charge in [-0.25, -0.2) is 14.6 Å². The van der Waals surface area contributed by atoms with Crippen LogP contribution in [0, 0.1) is 6.92 Å². The van der Waals surface area contributed by atoms with E-state index in [9.17, 15) is 9.59 Å². The van der Waals surface area contributed by atoms with E-state index in [0.29, 0.717) is 40.6 Å². The number of benzene rings is 3. The second-order valence-electron chi connectivity index (χ2n) is 8.65. The highest BCUT2D eigenvalue weighted by Crippen LogP contribution is 2.25. The fourth-order valence-corrected chi connectivity index (χ4v) is 4.08. The Kier molecular flexibility index (Phi) is 6.82. The SMILES string of the molecule is COc1ccc(-n2c(=O)n(C)c3cnc(NC(=O)Oc4ccc(OCc5ccccc5)cc4C)cc32)cc1. The number of fused-ring (bicyclic) bond motifs is 1. The molecule has 3 aromatic carbocycles. The van der Waals surface area contributed by atoms with Crippen molar-refractivity contribution < 1.29 is 19.0 Å². The van der Waals surface area contributed by atoms with E-state index in [-0.39, 0.29) is 11.5 Å². The molecule has 0 saturated heterocycles. The fourth-order valence-electron chi connectivity index (χ4n) is 4.08. The van der Waals surface area contributed by atoms with Crippen LogP contribution in [0.4, 0.5) is 10.6 Å². The Hall–Kier alpha value is -5.05. The number of pyridine rings is 1. The van der Waals surface area contributed by atoms with Gasteiger partial charge in [0.25, 0.3) is 0 Å². The Bertz CT molecular complexity index is 1660. The lowest BCUT2D eigenvalue weighted by atomic mass is 10.2. The van der Waals surface area contributed by atoms with Crippen molar-refractivity contribution in [3.8, 4) is 22.9 Å². The minimum Gasteiger partial charge on any atom is -0.497 e. The van der Waals surface area contributed by atoms with Crippen molar-refractivity contribution in [3.05, 3.63) is 107 Å². The van der Waals surface area contributed by atoms with E-state index in [1.165, 1.54) is 10.8 Å². The molecular weight excluding hydrogens is 484 g/mol. The van der Waals surface area contributed by atoms with E-state index in [4.69, 9.17) is 14.2 Å². The zero-order chi connectivity index (χ0) is 26.6. The number of aryl methyl sites for hydroxylation is 2. The topological polar surface area (TPSA) is 96.6 Å². The second kappa shape index (κ2) is 10.5. The number of imidazole rings is 1. The van der Waals surface area contributed by atoms with Crippen LogP contribution in [0.5, 0.6) is 17.2 Å². The van der Waals surface area contributed by atoms with Crippen LogP contribution < -0.4 is 25.2 Å². The number of amides is 1. The van der Waals surface area contributed by atoms with Crippen molar-refractivity contribution in [1.29, 1.82) is 0 Å². The summed E-state index contributed by atoms with van der Waals surface area (Å²) < 4.78 is 19.6. The van der Waals surface area contributed by atoms with Crippen molar-refractivity contribution >= 4 is 22.9 Å². The van der Waals surface area contributed by atoms with Gasteiger partial charge in [0.15, 0.2) is 0 Å². The Morgan fingerprint density at radius 2 is 1.68 bits per heavy atom. The third-order valence-electron chi connectivity index (χ3n) is 6.10. The fraction of sp³-hybridized carbons (Fsp3) is 0.138. The second-order valence-corrected chi connectivity index (χ2v) is 8.65. The molecule has 9 heteroatoms. The van der Waals surface area contributed by atoms with Crippen LogP contribution >= 0.6 is 0 Å². The molecule has 0 unspecified atom stereocenters. The summed E-state index contributed by atoms with van der Waals surface area (Å²) in [5.41, 5.74) is 3.43. The first kappa shape index (κ1) is 24.6. The smallest absolute Gasteiger partial charge is 0.418 e. The number of ether oxygens (including phenoxy) is 3. The minimum absolute atomic E-state index is 0.239. The van der Waals surface area contributed by atoms with Gasteiger partial charge in [0.1, 0.15) is 29.7 Å². The average molecular weight is 511 g/mol. The molecular formula is C29H26N4O5. The predicted octanol–water partition coefficient (Wildman–Crippen LogP) is 5.23. The summed E-state index contributed by atoms with van der Waals surface area (Å²) in [6.07, 6.45) is 0.836. The summed E-state index contributed by atoms with van der Waals surface area (Å²) in [7, 11) is 3.25. The van der Waals surface area contributed by atoms with Crippen molar-refractivity contribution in [3.63, 3.8) is 0 Å². The van der Waals surface area contributed by atoms with Crippen LogP contribution in [0.3, 0.4) is 0 Å². The van der Waals surface area contributed by atoms with Crippen molar-refractivity contribution in [2.75, 3.05) is 12.4 Å². The van der Waals surface area contributed by atoms with Crippen LogP contribution in [0.2, 0.25) is 0 Å². The van der Waals surface area contributed by atoms with Crippen LogP contribution in [0.25, 0.3) is 16.7 Å². The lowest BCUT2D eigenvalue weighted by Crippen LogP contribution is -2.20. The van der Waals surface area contributed by atoms with Crippen LogP contribution in [0.1, 0.15) is 11.1 Å². The number of rotatable bonds is 7. The quantitative estimate of drug-likeness (QED) is 0.322. The highest BCUT2D eigenvalue weighted by atomic mass is 16.6. The van der Waals surface area contributed by atoms with Gasteiger partial charge in [0, 0.05) is 13.1 Å². The molecule has 0 radical (unpaired) electrons. The monoisotopic (exact) mass is 510 g/mol. The third kappa shape index (κ3) is 5.08. The number of methoxy groups -OCH3 is 1. The van der Waals surface area contributed by atoms with Crippen LogP contribution in [0.15, 0.2) is 89.9 Å². The van der Waals surface area contributed by atoms with Gasteiger partial charge in [-0.05, 0) is 60.5 Å². The molecule has 0 aliphatic heterocycles. The molecule has 0 atom stereocenters. The molecule has 0 aliphatic rings. The number of nitrogens with zero attached hydrogens (tertiary/aromatic N) is 3. The third-order valence-corrected chi connectivity index (χ3v) is 6.10. The molecule has 0 spiro atoms. The van der Waals surface area contributed by atoms with Crippen molar-refractivity contribution in [1.82, 2.24) is 14.1 Å². The van der Waals surface area contributed by atoms with E-state index >= 15 is 0 Å². The normalized spacial score (nSPS) is 10.8. The molecule has 38 heavy (non-hydrogen) atoms. The summed E-state index contributed by atoms with van der Waals surface area (Å²) >= 11 is 0. The van der Waals surface area contributed by atoms with Gasteiger partial charge in [-0.2, -0.15) is 0 Å². The predicted molar refractivity (Wildman–Crippen MR) is 144 cm³/mol. The molecule has 2 heterocycles. The molecule has 5 aromatic rings.